The number of rotatable bonds is 4. The van der Waals surface area contributed by atoms with E-state index in [4.69, 9.17) is 11.6 Å². The van der Waals surface area contributed by atoms with E-state index >= 15 is 0 Å². The lowest BCUT2D eigenvalue weighted by Crippen LogP contribution is -2.19. The maximum atomic E-state index is 9.29. The van der Waals surface area contributed by atoms with Crippen LogP contribution < -0.4 is 5.32 Å². The zero-order valence-corrected chi connectivity index (χ0v) is 10.6. The first-order valence-electron chi connectivity index (χ1n) is 5.97. The van der Waals surface area contributed by atoms with Crippen molar-refractivity contribution in [3.8, 4) is 0 Å². The predicted molar refractivity (Wildman–Crippen MR) is 71.8 cm³/mol. The SMILES string of the molecule is OCC1(CNc2ncnc3cc(Cl)ccc23)CC1. The van der Waals surface area contributed by atoms with Gasteiger partial charge in [0.15, 0.2) is 0 Å². The topological polar surface area (TPSA) is 58.0 Å². The van der Waals surface area contributed by atoms with Crippen LogP contribution in [0.1, 0.15) is 12.8 Å². The Morgan fingerprint density at radius 2 is 2.17 bits per heavy atom. The summed E-state index contributed by atoms with van der Waals surface area (Å²) < 4.78 is 0. The Morgan fingerprint density at radius 3 is 2.89 bits per heavy atom. The Balaban J connectivity index is 1.87. The number of fused-ring (bicyclic) bond motifs is 1. The molecule has 18 heavy (non-hydrogen) atoms. The van der Waals surface area contributed by atoms with Crippen LogP contribution >= 0.6 is 11.6 Å². The monoisotopic (exact) mass is 263 g/mol. The Labute approximate surface area is 110 Å². The molecule has 1 saturated carbocycles. The number of hydrogen-bond donors (Lipinski definition) is 2. The highest BCUT2D eigenvalue weighted by Gasteiger charge is 2.41. The number of halogens is 1. The van der Waals surface area contributed by atoms with Crippen LogP contribution in [0.3, 0.4) is 0 Å². The fourth-order valence-electron chi connectivity index (χ4n) is 2.01. The van der Waals surface area contributed by atoms with Gasteiger partial charge in [-0.05, 0) is 31.0 Å². The highest BCUT2D eigenvalue weighted by Crippen LogP contribution is 2.45. The fraction of sp³-hybridized carbons (Fsp3) is 0.385. The molecule has 1 heterocycles. The molecule has 1 aliphatic carbocycles. The number of nitrogens with zero attached hydrogens (tertiary/aromatic N) is 2. The number of aliphatic hydroxyl groups excluding tert-OH is 1. The first-order chi connectivity index (χ1) is 8.72. The molecular weight excluding hydrogens is 250 g/mol. The summed E-state index contributed by atoms with van der Waals surface area (Å²) in [6.45, 7) is 0.979. The highest BCUT2D eigenvalue weighted by molar-refractivity contribution is 6.31. The van der Waals surface area contributed by atoms with Crippen molar-refractivity contribution in [2.75, 3.05) is 18.5 Å². The van der Waals surface area contributed by atoms with Gasteiger partial charge in [-0.2, -0.15) is 0 Å². The summed E-state index contributed by atoms with van der Waals surface area (Å²) in [5.41, 5.74) is 0.887. The van der Waals surface area contributed by atoms with Gasteiger partial charge in [-0.25, -0.2) is 9.97 Å². The zero-order valence-electron chi connectivity index (χ0n) is 9.86. The minimum atomic E-state index is 0.0592. The molecule has 0 unspecified atom stereocenters. The number of nitrogens with one attached hydrogen (secondary N) is 1. The fourth-order valence-corrected chi connectivity index (χ4v) is 2.18. The Bertz CT molecular complexity index is 583. The molecule has 3 rings (SSSR count). The molecule has 0 spiro atoms. The van der Waals surface area contributed by atoms with E-state index < -0.39 is 0 Å². The second kappa shape index (κ2) is 4.37. The molecule has 1 aliphatic rings. The van der Waals surface area contributed by atoms with E-state index in [2.05, 4.69) is 15.3 Å². The molecule has 0 aliphatic heterocycles. The predicted octanol–water partition coefficient (Wildman–Crippen LogP) is 2.47. The maximum absolute atomic E-state index is 9.29. The molecule has 2 aromatic rings. The van der Waals surface area contributed by atoms with E-state index in [0.717, 1.165) is 36.1 Å². The summed E-state index contributed by atoms with van der Waals surface area (Å²) >= 11 is 5.94. The molecule has 4 nitrogen and oxygen atoms in total. The van der Waals surface area contributed by atoms with Crippen LogP contribution in [0.2, 0.25) is 5.02 Å². The van der Waals surface area contributed by atoms with Crippen molar-refractivity contribution in [1.29, 1.82) is 0 Å². The van der Waals surface area contributed by atoms with Gasteiger partial charge in [0.25, 0.3) is 0 Å². The molecule has 1 aromatic carbocycles. The van der Waals surface area contributed by atoms with E-state index in [1.165, 1.54) is 6.33 Å². The molecule has 5 heteroatoms. The van der Waals surface area contributed by atoms with Gasteiger partial charge in [0, 0.05) is 22.4 Å². The number of aliphatic hydroxyl groups is 1. The standard InChI is InChI=1S/C13H14ClN3O/c14-9-1-2-10-11(5-9)16-8-17-12(10)15-6-13(7-18)3-4-13/h1-2,5,8,18H,3-4,6-7H2,(H,15,16,17). The van der Waals surface area contributed by atoms with Crippen LogP contribution in [0.25, 0.3) is 10.9 Å². The van der Waals surface area contributed by atoms with Gasteiger partial charge in [0.2, 0.25) is 0 Å². The first-order valence-corrected chi connectivity index (χ1v) is 6.35. The molecule has 2 N–H and O–H groups in total. The average Bonchev–Trinajstić information content (AvgIpc) is 3.16. The number of hydrogen-bond acceptors (Lipinski definition) is 4. The lowest BCUT2D eigenvalue weighted by molar-refractivity contribution is 0.219. The summed E-state index contributed by atoms with van der Waals surface area (Å²) in [4.78, 5) is 8.45. The van der Waals surface area contributed by atoms with Gasteiger partial charge in [-0.1, -0.05) is 11.6 Å². The minimum Gasteiger partial charge on any atom is -0.396 e. The molecule has 1 fully saturated rings. The molecule has 0 saturated heterocycles. The Kier molecular flexibility index (Phi) is 2.84. The van der Waals surface area contributed by atoms with Crippen molar-refractivity contribution in [2.24, 2.45) is 5.41 Å². The zero-order chi connectivity index (χ0) is 12.6. The van der Waals surface area contributed by atoms with Gasteiger partial charge < -0.3 is 10.4 Å². The average molecular weight is 264 g/mol. The normalized spacial score (nSPS) is 16.8. The van der Waals surface area contributed by atoms with E-state index in [9.17, 15) is 5.11 Å². The summed E-state index contributed by atoms with van der Waals surface area (Å²) in [7, 11) is 0. The molecule has 0 atom stereocenters. The van der Waals surface area contributed by atoms with Crippen LogP contribution in [0, 0.1) is 5.41 Å². The Hall–Kier alpha value is -1.39. The van der Waals surface area contributed by atoms with Crippen LogP contribution in [0.4, 0.5) is 5.82 Å². The third-order valence-corrected chi connectivity index (χ3v) is 3.76. The number of anilines is 1. The van der Waals surface area contributed by atoms with Crippen LogP contribution in [-0.4, -0.2) is 28.2 Å². The number of benzene rings is 1. The highest BCUT2D eigenvalue weighted by atomic mass is 35.5. The molecule has 0 amide bonds. The van der Waals surface area contributed by atoms with Crippen LogP contribution in [0.5, 0.6) is 0 Å². The van der Waals surface area contributed by atoms with Gasteiger partial charge >= 0.3 is 0 Å². The van der Waals surface area contributed by atoms with Crippen molar-refractivity contribution < 1.29 is 5.11 Å². The lowest BCUT2D eigenvalue weighted by Gasteiger charge is -2.14. The largest absolute Gasteiger partial charge is 0.396 e. The van der Waals surface area contributed by atoms with E-state index in [0.29, 0.717) is 5.02 Å². The van der Waals surface area contributed by atoms with Crippen molar-refractivity contribution in [3.63, 3.8) is 0 Å². The summed E-state index contributed by atoms with van der Waals surface area (Å²) in [6.07, 6.45) is 3.68. The summed E-state index contributed by atoms with van der Waals surface area (Å²) in [5.74, 6) is 0.802. The Morgan fingerprint density at radius 1 is 1.33 bits per heavy atom. The third kappa shape index (κ3) is 2.13. The van der Waals surface area contributed by atoms with Gasteiger partial charge in [-0.15, -0.1) is 0 Å². The van der Waals surface area contributed by atoms with Crippen molar-refractivity contribution in [1.82, 2.24) is 9.97 Å². The van der Waals surface area contributed by atoms with Crippen LogP contribution in [-0.2, 0) is 0 Å². The molecule has 94 valence electrons. The molecule has 1 aromatic heterocycles. The van der Waals surface area contributed by atoms with Gasteiger partial charge in [0.05, 0.1) is 12.1 Å². The van der Waals surface area contributed by atoms with E-state index in [1.807, 2.05) is 18.2 Å². The van der Waals surface area contributed by atoms with Crippen molar-refractivity contribution >= 4 is 28.3 Å². The first kappa shape index (κ1) is 11.7. The summed E-state index contributed by atoms with van der Waals surface area (Å²) in [6, 6.07) is 5.57. The quantitative estimate of drug-likeness (QED) is 0.890. The maximum Gasteiger partial charge on any atom is 0.137 e. The van der Waals surface area contributed by atoms with Gasteiger partial charge in [-0.3, -0.25) is 0 Å². The van der Waals surface area contributed by atoms with Crippen LogP contribution in [0.15, 0.2) is 24.5 Å². The smallest absolute Gasteiger partial charge is 0.137 e. The molecule has 0 radical (unpaired) electrons. The summed E-state index contributed by atoms with van der Waals surface area (Å²) in [5, 5.41) is 14.2. The van der Waals surface area contributed by atoms with E-state index in [1.54, 1.807) is 0 Å². The second-order valence-corrected chi connectivity index (χ2v) is 5.33. The lowest BCUT2D eigenvalue weighted by atomic mass is 10.1. The van der Waals surface area contributed by atoms with E-state index in [-0.39, 0.29) is 12.0 Å². The minimum absolute atomic E-state index is 0.0592. The van der Waals surface area contributed by atoms with Crippen molar-refractivity contribution in [3.05, 3.63) is 29.5 Å². The third-order valence-electron chi connectivity index (χ3n) is 3.52. The van der Waals surface area contributed by atoms with Gasteiger partial charge in [0.1, 0.15) is 12.1 Å². The van der Waals surface area contributed by atoms with Crippen molar-refractivity contribution in [2.45, 2.75) is 12.8 Å². The second-order valence-electron chi connectivity index (χ2n) is 4.90. The molecular formula is C13H14ClN3O. The molecule has 0 bridgehead atoms. The number of aromatic nitrogens is 2.